The van der Waals surface area contributed by atoms with Gasteiger partial charge in [0.15, 0.2) is 11.6 Å². The lowest BCUT2D eigenvalue weighted by Crippen LogP contribution is -3.00. The lowest BCUT2D eigenvalue weighted by atomic mass is 9.83. The largest absolute Gasteiger partial charge is 1.00 e. The van der Waals surface area contributed by atoms with Crippen molar-refractivity contribution in [1.29, 1.82) is 0 Å². The van der Waals surface area contributed by atoms with Crippen LogP contribution in [0.3, 0.4) is 0 Å². The van der Waals surface area contributed by atoms with E-state index in [-0.39, 0.29) is 40.7 Å². The summed E-state index contributed by atoms with van der Waals surface area (Å²) in [7, 11) is 5.93. The molecule has 0 unspecified atom stereocenters. The van der Waals surface area contributed by atoms with E-state index in [0.717, 1.165) is 5.69 Å². The van der Waals surface area contributed by atoms with Crippen LogP contribution in [0.15, 0.2) is 36.4 Å². The summed E-state index contributed by atoms with van der Waals surface area (Å²) in [6.07, 6.45) is 0. The SMILES string of the molecule is C[N+](C)(C)c1ccc2c(c1)C(=O)c1ccc(C(=O)O)cc1C2=O.[Cl-]. The van der Waals surface area contributed by atoms with Crippen LogP contribution < -0.4 is 16.9 Å². The van der Waals surface area contributed by atoms with Crippen LogP contribution in [0.2, 0.25) is 0 Å². The molecule has 0 bridgehead atoms. The molecule has 0 radical (unpaired) electrons. The summed E-state index contributed by atoms with van der Waals surface area (Å²) in [6, 6.07) is 9.24. The van der Waals surface area contributed by atoms with Crippen LogP contribution in [0, 0.1) is 0 Å². The van der Waals surface area contributed by atoms with E-state index in [0.29, 0.717) is 15.6 Å². The van der Waals surface area contributed by atoms with Gasteiger partial charge in [-0.1, -0.05) is 0 Å². The number of carbonyl (C=O) groups excluding carboxylic acids is 2. The lowest BCUT2D eigenvalue weighted by molar-refractivity contribution is -0.0000339. The smallest absolute Gasteiger partial charge is 0.335 e. The molecular formula is C18H16ClNO4. The van der Waals surface area contributed by atoms with Crippen molar-refractivity contribution in [2.24, 2.45) is 0 Å². The fraction of sp³-hybridized carbons (Fsp3) is 0.167. The molecule has 1 N–H and O–H groups in total. The minimum absolute atomic E-state index is 0. The van der Waals surface area contributed by atoms with E-state index < -0.39 is 5.97 Å². The van der Waals surface area contributed by atoms with Gasteiger partial charge in [0.25, 0.3) is 0 Å². The molecule has 0 amide bonds. The van der Waals surface area contributed by atoms with Gasteiger partial charge >= 0.3 is 5.97 Å². The number of ketones is 2. The van der Waals surface area contributed by atoms with Gasteiger partial charge in [0, 0.05) is 28.3 Å². The van der Waals surface area contributed by atoms with Crippen LogP contribution in [0.5, 0.6) is 0 Å². The number of quaternary nitrogens is 1. The van der Waals surface area contributed by atoms with Crippen molar-refractivity contribution < 1.29 is 31.9 Å². The highest BCUT2D eigenvalue weighted by molar-refractivity contribution is 6.29. The number of hydrogen-bond donors (Lipinski definition) is 1. The zero-order valence-electron chi connectivity index (χ0n) is 13.5. The number of hydrogen-bond acceptors (Lipinski definition) is 3. The van der Waals surface area contributed by atoms with Crippen molar-refractivity contribution in [2.75, 3.05) is 21.1 Å². The van der Waals surface area contributed by atoms with Gasteiger partial charge in [-0.25, -0.2) is 4.79 Å². The first-order valence-electron chi connectivity index (χ1n) is 7.13. The summed E-state index contributed by atoms with van der Waals surface area (Å²) in [5.74, 6) is -1.69. The summed E-state index contributed by atoms with van der Waals surface area (Å²) < 4.78 is 0.527. The van der Waals surface area contributed by atoms with E-state index in [2.05, 4.69) is 0 Å². The predicted molar refractivity (Wildman–Crippen MR) is 86.3 cm³/mol. The summed E-state index contributed by atoms with van der Waals surface area (Å²) in [5.41, 5.74) is 2.01. The Morgan fingerprint density at radius 2 is 1.33 bits per heavy atom. The number of nitrogens with zero attached hydrogens (tertiary/aromatic N) is 1. The third kappa shape index (κ3) is 2.72. The highest BCUT2D eigenvalue weighted by Crippen LogP contribution is 2.31. The first-order chi connectivity index (χ1) is 10.7. The molecule has 0 aliphatic heterocycles. The number of rotatable bonds is 2. The molecule has 3 rings (SSSR count). The number of carboxylic acids is 1. The summed E-state index contributed by atoms with van der Waals surface area (Å²) >= 11 is 0. The van der Waals surface area contributed by atoms with Gasteiger partial charge in [-0.2, -0.15) is 0 Å². The van der Waals surface area contributed by atoms with Crippen molar-refractivity contribution in [2.45, 2.75) is 0 Å². The molecular weight excluding hydrogens is 330 g/mol. The van der Waals surface area contributed by atoms with Crippen molar-refractivity contribution in [3.05, 3.63) is 64.2 Å². The van der Waals surface area contributed by atoms with E-state index >= 15 is 0 Å². The number of carbonyl (C=O) groups is 3. The van der Waals surface area contributed by atoms with E-state index in [1.807, 2.05) is 27.2 Å². The standard InChI is InChI=1S/C18H15NO4.ClH/c1-19(2,3)11-5-7-13-15(9-11)17(21)12-6-4-10(18(22)23)8-14(12)16(13)20;/h4-9H,1-3H3;1H. The quantitative estimate of drug-likeness (QED) is 0.627. The van der Waals surface area contributed by atoms with Crippen LogP contribution >= 0.6 is 0 Å². The molecule has 0 saturated carbocycles. The van der Waals surface area contributed by atoms with E-state index in [4.69, 9.17) is 5.11 Å². The Balaban J connectivity index is 0.00000208. The van der Waals surface area contributed by atoms with Crippen molar-refractivity contribution in [1.82, 2.24) is 4.48 Å². The molecule has 0 aromatic heterocycles. The Morgan fingerprint density at radius 1 is 0.833 bits per heavy atom. The van der Waals surface area contributed by atoms with Gasteiger partial charge < -0.3 is 17.5 Å². The molecule has 0 spiro atoms. The molecule has 2 aromatic rings. The molecule has 0 saturated heterocycles. The maximum Gasteiger partial charge on any atom is 0.335 e. The summed E-state index contributed by atoms with van der Waals surface area (Å²) in [5, 5.41) is 9.06. The van der Waals surface area contributed by atoms with E-state index in [9.17, 15) is 14.4 Å². The van der Waals surface area contributed by atoms with Crippen molar-refractivity contribution in [3.63, 3.8) is 0 Å². The van der Waals surface area contributed by atoms with Crippen LogP contribution in [-0.2, 0) is 0 Å². The zero-order valence-corrected chi connectivity index (χ0v) is 14.2. The Hall–Kier alpha value is -2.50. The molecule has 24 heavy (non-hydrogen) atoms. The van der Waals surface area contributed by atoms with E-state index in [1.54, 1.807) is 12.1 Å². The molecule has 5 nitrogen and oxygen atoms in total. The third-order valence-corrected chi connectivity index (χ3v) is 4.02. The highest BCUT2D eigenvalue weighted by atomic mass is 35.5. The fourth-order valence-electron chi connectivity index (χ4n) is 2.69. The van der Waals surface area contributed by atoms with Gasteiger partial charge in [-0.05, 0) is 30.3 Å². The number of halogens is 1. The number of aromatic carboxylic acids is 1. The minimum Gasteiger partial charge on any atom is -1.00 e. The predicted octanol–water partition coefficient (Wildman–Crippen LogP) is -0.639. The average Bonchev–Trinajstić information content (AvgIpc) is 2.50. The monoisotopic (exact) mass is 345 g/mol. The van der Waals surface area contributed by atoms with Gasteiger partial charge in [-0.3, -0.25) is 14.1 Å². The number of benzene rings is 2. The van der Waals surface area contributed by atoms with Crippen LogP contribution in [-0.4, -0.2) is 43.8 Å². The zero-order chi connectivity index (χ0) is 16.9. The summed E-state index contributed by atoms with van der Waals surface area (Å²) in [6.45, 7) is 0. The Bertz CT molecular complexity index is 881. The maximum atomic E-state index is 12.7. The Labute approximate surface area is 145 Å². The molecule has 6 heteroatoms. The molecule has 124 valence electrons. The van der Waals surface area contributed by atoms with Crippen molar-refractivity contribution >= 4 is 23.2 Å². The second-order valence-corrected chi connectivity index (χ2v) is 6.47. The third-order valence-electron chi connectivity index (χ3n) is 4.02. The first-order valence-corrected chi connectivity index (χ1v) is 7.13. The Kier molecular flexibility index (Phi) is 4.35. The van der Waals surface area contributed by atoms with Crippen LogP contribution in [0.4, 0.5) is 5.69 Å². The minimum atomic E-state index is -1.13. The van der Waals surface area contributed by atoms with Crippen molar-refractivity contribution in [3.8, 4) is 0 Å². The molecule has 1 aliphatic carbocycles. The second kappa shape index (κ2) is 5.85. The molecule has 0 fully saturated rings. The summed E-state index contributed by atoms with van der Waals surface area (Å²) in [4.78, 5) is 36.4. The van der Waals surface area contributed by atoms with Gasteiger partial charge in [0.05, 0.1) is 26.7 Å². The molecule has 1 aliphatic rings. The van der Waals surface area contributed by atoms with Gasteiger partial charge in [0.2, 0.25) is 0 Å². The number of fused-ring (bicyclic) bond motifs is 2. The van der Waals surface area contributed by atoms with Crippen LogP contribution in [0.1, 0.15) is 42.2 Å². The Morgan fingerprint density at radius 3 is 1.83 bits per heavy atom. The van der Waals surface area contributed by atoms with Gasteiger partial charge in [0.1, 0.15) is 5.69 Å². The molecule has 0 heterocycles. The highest BCUT2D eigenvalue weighted by Gasteiger charge is 2.31. The normalized spacial score (nSPS) is 13.0. The average molecular weight is 346 g/mol. The lowest BCUT2D eigenvalue weighted by Gasteiger charge is -2.25. The second-order valence-electron chi connectivity index (χ2n) is 6.47. The van der Waals surface area contributed by atoms with E-state index in [1.165, 1.54) is 18.2 Å². The van der Waals surface area contributed by atoms with Crippen LogP contribution in [0.25, 0.3) is 0 Å². The molecule has 2 aromatic carbocycles. The molecule has 0 atom stereocenters. The van der Waals surface area contributed by atoms with Gasteiger partial charge in [-0.15, -0.1) is 0 Å². The number of carboxylic acid groups (broad SMARTS) is 1. The first kappa shape index (κ1) is 17.8. The topological polar surface area (TPSA) is 71.4 Å². The fourth-order valence-corrected chi connectivity index (χ4v) is 2.69. The maximum absolute atomic E-state index is 12.7.